The minimum Gasteiger partial charge on any atom is -0.384 e. The highest BCUT2D eigenvalue weighted by Gasteiger charge is 2.37. The third kappa shape index (κ3) is 2.90. The number of methoxy groups -OCH3 is 1. The van der Waals surface area contributed by atoms with Gasteiger partial charge in [0, 0.05) is 19.7 Å². The van der Waals surface area contributed by atoms with Crippen molar-refractivity contribution in [3.05, 3.63) is 35.4 Å². The molecule has 110 valence electrons. The molecule has 2 unspecified atom stereocenters. The molecule has 0 heterocycles. The second-order valence-electron chi connectivity index (χ2n) is 6.32. The Morgan fingerprint density at radius 1 is 1.40 bits per heavy atom. The molecule has 0 bridgehead atoms. The lowest BCUT2D eigenvalue weighted by Gasteiger charge is -2.36. The van der Waals surface area contributed by atoms with E-state index in [-0.39, 0.29) is 0 Å². The second-order valence-corrected chi connectivity index (χ2v) is 6.32. The summed E-state index contributed by atoms with van der Waals surface area (Å²) < 4.78 is 5.30. The molecule has 1 aromatic rings. The van der Waals surface area contributed by atoms with E-state index in [2.05, 4.69) is 23.5 Å². The van der Waals surface area contributed by atoms with E-state index < -0.39 is 5.60 Å². The standard InChI is InChI=1S/C17H25NO2/c1-20-11-16(14-8-9-14)18-12-17(19)10-4-6-13-5-2-3-7-15(13)17/h2-3,5,7,14,16,18-19H,4,6,8-12H2,1H3. The van der Waals surface area contributed by atoms with Gasteiger partial charge in [-0.3, -0.25) is 0 Å². The first-order valence-corrected chi connectivity index (χ1v) is 7.76. The molecule has 3 nitrogen and oxygen atoms in total. The van der Waals surface area contributed by atoms with Crippen LogP contribution in [0.15, 0.2) is 24.3 Å². The lowest BCUT2D eigenvalue weighted by atomic mass is 9.79. The topological polar surface area (TPSA) is 41.5 Å². The van der Waals surface area contributed by atoms with E-state index >= 15 is 0 Å². The predicted octanol–water partition coefficient (Wildman–Crippen LogP) is 2.23. The molecule has 1 fully saturated rings. The third-order valence-corrected chi connectivity index (χ3v) is 4.75. The Labute approximate surface area is 121 Å². The normalized spacial score (nSPS) is 27.1. The summed E-state index contributed by atoms with van der Waals surface area (Å²) in [6.07, 6.45) is 5.57. The van der Waals surface area contributed by atoms with E-state index in [0.717, 1.165) is 37.4 Å². The number of aliphatic hydroxyl groups is 1. The first kappa shape index (κ1) is 14.1. The summed E-state index contributed by atoms with van der Waals surface area (Å²) in [7, 11) is 1.75. The van der Waals surface area contributed by atoms with E-state index in [9.17, 15) is 5.11 Å². The van der Waals surface area contributed by atoms with E-state index in [1.165, 1.54) is 18.4 Å². The van der Waals surface area contributed by atoms with Crippen molar-refractivity contribution in [1.82, 2.24) is 5.32 Å². The van der Waals surface area contributed by atoms with Gasteiger partial charge in [-0.1, -0.05) is 24.3 Å². The lowest BCUT2D eigenvalue weighted by Crippen LogP contribution is -2.46. The molecule has 3 heteroatoms. The van der Waals surface area contributed by atoms with Crippen LogP contribution in [-0.2, 0) is 16.8 Å². The maximum Gasteiger partial charge on any atom is 0.102 e. The van der Waals surface area contributed by atoms with Crippen LogP contribution in [0.1, 0.15) is 36.8 Å². The van der Waals surface area contributed by atoms with Crippen LogP contribution in [0.2, 0.25) is 0 Å². The molecule has 2 aliphatic carbocycles. The molecule has 0 amide bonds. The van der Waals surface area contributed by atoms with Crippen molar-refractivity contribution in [3.63, 3.8) is 0 Å². The Morgan fingerprint density at radius 3 is 2.95 bits per heavy atom. The van der Waals surface area contributed by atoms with Gasteiger partial charge in [0.2, 0.25) is 0 Å². The van der Waals surface area contributed by atoms with Crippen LogP contribution in [0.4, 0.5) is 0 Å². The maximum absolute atomic E-state index is 11.0. The van der Waals surface area contributed by atoms with Gasteiger partial charge in [0.1, 0.15) is 5.60 Å². The van der Waals surface area contributed by atoms with Crippen molar-refractivity contribution in [2.75, 3.05) is 20.3 Å². The van der Waals surface area contributed by atoms with E-state index in [1.54, 1.807) is 7.11 Å². The summed E-state index contributed by atoms with van der Waals surface area (Å²) in [5.74, 6) is 0.734. The first-order chi connectivity index (χ1) is 9.73. The number of hydrogen-bond acceptors (Lipinski definition) is 3. The van der Waals surface area contributed by atoms with Gasteiger partial charge in [-0.25, -0.2) is 0 Å². The molecular weight excluding hydrogens is 250 g/mol. The van der Waals surface area contributed by atoms with Crippen molar-refractivity contribution in [1.29, 1.82) is 0 Å². The van der Waals surface area contributed by atoms with Crippen molar-refractivity contribution in [3.8, 4) is 0 Å². The molecular formula is C17H25NO2. The van der Waals surface area contributed by atoms with Crippen molar-refractivity contribution in [2.45, 2.75) is 43.7 Å². The highest BCUT2D eigenvalue weighted by Crippen LogP contribution is 2.36. The first-order valence-electron chi connectivity index (χ1n) is 7.76. The Kier molecular flexibility index (Phi) is 4.11. The highest BCUT2D eigenvalue weighted by atomic mass is 16.5. The summed E-state index contributed by atoms with van der Waals surface area (Å²) in [6, 6.07) is 8.71. The molecule has 0 spiro atoms. The zero-order valence-electron chi connectivity index (χ0n) is 12.3. The molecule has 0 saturated heterocycles. The summed E-state index contributed by atoms with van der Waals surface area (Å²) in [6.45, 7) is 1.37. The van der Waals surface area contributed by atoms with Gasteiger partial charge in [0.25, 0.3) is 0 Å². The van der Waals surface area contributed by atoms with Crippen molar-refractivity contribution in [2.24, 2.45) is 5.92 Å². The fraction of sp³-hybridized carbons (Fsp3) is 0.647. The molecule has 2 atom stereocenters. The molecule has 20 heavy (non-hydrogen) atoms. The summed E-state index contributed by atoms with van der Waals surface area (Å²) in [5, 5.41) is 14.6. The monoisotopic (exact) mass is 275 g/mol. The number of benzene rings is 1. The van der Waals surface area contributed by atoms with E-state index in [4.69, 9.17) is 4.74 Å². The van der Waals surface area contributed by atoms with Crippen LogP contribution in [-0.4, -0.2) is 31.4 Å². The zero-order valence-corrected chi connectivity index (χ0v) is 12.3. The van der Waals surface area contributed by atoms with Gasteiger partial charge in [-0.15, -0.1) is 0 Å². The average Bonchev–Trinajstić information content (AvgIpc) is 3.29. The van der Waals surface area contributed by atoms with Gasteiger partial charge >= 0.3 is 0 Å². The largest absolute Gasteiger partial charge is 0.384 e. The Balaban J connectivity index is 1.70. The second kappa shape index (κ2) is 5.84. The predicted molar refractivity (Wildman–Crippen MR) is 79.7 cm³/mol. The number of hydrogen-bond donors (Lipinski definition) is 2. The third-order valence-electron chi connectivity index (χ3n) is 4.75. The lowest BCUT2D eigenvalue weighted by molar-refractivity contribution is 0.0125. The highest BCUT2D eigenvalue weighted by molar-refractivity contribution is 5.35. The molecule has 0 aliphatic heterocycles. The molecule has 2 N–H and O–H groups in total. The summed E-state index contributed by atoms with van der Waals surface area (Å²) in [5.41, 5.74) is 1.71. The van der Waals surface area contributed by atoms with Crippen LogP contribution in [0, 0.1) is 5.92 Å². The zero-order chi connectivity index (χ0) is 14.0. The van der Waals surface area contributed by atoms with Crippen LogP contribution in [0.3, 0.4) is 0 Å². The number of nitrogens with one attached hydrogen (secondary N) is 1. The van der Waals surface area contributed by atoms with Crippen LogP contribution in [0.25, 0.3) is 0 Å². The van der Waals surface area contributed by atoms with Crippen molar-refractivity contribution < 1.29 is 9.84 Å². The number of rotatable bonds is 6. The quantitative estimate of drug-likeness (QED) is 0.836. The van der Waals surface area contributed by atoms with E-state index in [0.29, 0.717) is 12.6 Å². The average molecular weight is 275 g/mol. The maximum atomic E-state index is 11.0. The molecule has 0 aromatic heterocycles. The molecule has 1 aromatic carbocycles. The van der Waals surface area contributed by atoms with Gasteiger partial charge in [0.15, 0.2) is 0 Å². The molecule has 3 rings (SSSR count). The SMILES string of the molecule is COCC(NCC1(O)CCCc2ccccc21)C1CC1. The number of aryl methyl sites for hydroxylation is 1. The Morgan fingerprint density at radius 2 is 2.20 bits per heavy atom. The summed E-state index contributed by atoms with van der Waals surface area (Å²) >= 11 is 0. The smallest absolute Gasteiger partial charge is 0.102 e. The number of ether oxygens (including phenoxy) is 1. The Hall–Kier alpha value is -0.900. The molecule has 2 aliphatic rings. The fourth-order valence-electron chi connectivity index (χ4n) is 3.42. The minimum atomic E-state index is -0.713. The van der Waals surface area contributed by atoms with Crippen LogP contribution in [0.5, 0.6) is 0 Å². The van der Waals surface area contributed by atoms with Gasteiger partial charge in [-0.2, -0.15) is 0 Å². The van der Waals surface area contributed by atoms with Gasteiger partial charge < -0.3 is 15.2 Å². The Bertz CT molecular complexity index is 458. The van der Waals surface area contributed by atoms with Gasteiger partial charge in [0.05, 0.1) is 6.61 Å². The number of fused-ring (bicyclic) bond motifs is 1. The minimum absolute atomic E-state index is 0.387. The van der Waals surface area contributed by atoms with Crippen molar-refractivity contribution >= 4 is 0 Å². The van der Waals surface area contributed by atoms with Crippen LogP contribution >= 0.6 is 0 Å². The molecule has 0 radical (unpaired) electrons. The van der Waals surface area contributed by atoms with Crippen LogP contribution < -0.4 is 5.32 Å². The summed E-state index contributed by atoms with van der Waals surface area (Å²) in [4.78, 5) is 0. The van der Waals surface area contributed by atoms with E-state index in [1.807, 2.05) is 6.07 Å². The van der Waals surface area contributed by atoms with Gasteiger partial charge in [-0.05, 0) is 49.1 Å². The molecule has 1 saturated carbocycles. The fourth-order valence-corrected chi connectivity index (χ4v) is 3.42.